The molecule has 0 unspecified atom stereocenters. The van der Waals surface area contributed by atoms with E-state index >= 15 is 0 Å². The van der Waals surface area contributed by atoms with E-state index in [4.69, 9.17) is 9.26 Å². The summed E-state index contributed by atoms with van der Waals surface area (Å²) >= 11 is 0. The van der Waals surface area contributed by atoms with Crippen molar-refractivity contribution in [3.05, 3.63) is 36.0 Å². The van der Waals surface area contributed by atoms with Crippen LogP contribution < -0.4 is 4.74 Å². The molecule has 1 amide bonds. The minimum atomic E-state index is -0.400. The van der Waals surface area contributed by atoms with E-state index in [0.717, 1.165) is 34.9 Å². The summed E-state index contributed by atoms with van der Waals surface area (Å²) in [7, 11) is 0. The van der Waals surface area contributed by atoms with Crippen LogP contribution in [0.15, 0.2) is 34.9 Å². The van der Waals surface area contributed by atoms with Gasteiger partial charge >= 0.3 is 0 Å². The van der Waals surface area contributed by atoms with E-state index in [2.05, 4.69) is 5.16 Å². The van der Waals surface area contributed by atoms with Crippen molar-refractivity contribution in [1.29, 1.82) is 0 Å². The van der Waals surface area contributed by atoms with Crippen molar-refractivity contribution < 1.29 is 23.6 Å². The van der Waals surface area contributed by atoms with Crippen molar-refractivity contribution >= 4 is 39.2 Å². The Morgan fingerprint density at radius 2 is 2.03 bits per heavy atom. The quantitative estimate of drug-likeness (QED) is 0.604. The Labute approximate surface area is 172 Å². The van der Waals surface area contributed by atoms with Gasteiger partial charge in [0.05, 0.1) is 24.3 Å². The molecule has 30 heavy (non-hydrogen) atoms. The van der Waals surface area contributed by atoms with Crippen LogP contribution in [0, 0.1) is 0 Å². The van der Waals surface area contributed by atoms with Crippen LogP contribution >= 0.6 is 0 Å². The number of nitrogens with zero attached hydrogens (tertiary/aromatic N) is 2. The summed E-state index contributed by atoms with van der Waals surface area (Å²) in [6.45, 7) is 1.84. The Bertz CT molecular complexity index is 1170. The molecule has 0 radical (unpaired) electrons. The molecule has 7 heteroatoms. The minimum absolute atomic E-state index is 0.00803. The number of amides is 1. The largest absolute Gasteiger partial charge is 0.492 e. The first-order valence-electron chi connectivity index (χ1n) is 10.4. The van der Waals surface area contributed by atoms with Gasteiger partial charge in [0.1, 0.15) is 29.6 Å². The van der Waals surface area contributed by atoms with Crippen LogP contribution in [-0.4, -0.2) is 47.2 Å². The average Bonchev–Trinajstić information content (AvgIpc) is 3.34. The molecule has 2 heterocycles. The van der Waals surface area contributed by atoms with Gasteiger partial charge in [-0.3, -0.25) is 14.4 Å². The second-order valence-electron chi connectivity index (χ2n) is 8.00. The van der Waals surface area contributed by atoms with Gasteiger partial charge in [-0.15, -0.1) is 0 Å². The Morgan fingerprint density at radius 3 is 2.83 bits per heavy atom. The number of Topliss-reactive ketones (excluding diaryl/α,β-unsaturated/α-hetero) is 2. The lowest BCUT2D eigenvalue weighted by molar-refractivity contribution is -0.131. The number of carbonyl (C=O) groups excluding carboxylic acids is 3. The second-order valence-corrected chi connectivity index (χ2v) is 8.00. The summed E-state index contributed by atoms with van der Waals surface area (Å²) in [6, 6.07) is 9.57. The van der Waals surface area contributed by atoms with E-state index in [1.165, 1.54) is 0 Å². The minimum Gasteiger partial charge on any atom is -0.492 e. The van der Waals surface area contributed by atoms with Crippen LogP contribution in [0.4, 0.5) is 0 Å². The molecule has 2 fully saturated rings. The first-order valence-corrected chi connectivity index (χ1v) is 10.4. The molecule has 154 valence electrons. The van der Waals surface area contributed by atoms with Crippen LogP contribution in [0.2, 0.25) is 0 Å². The third-order valence-electron chi connectivity index (χ3n) is 6.05. The van der Waals surface area contributed by atoms with Gasteiger partial charge in [-0.25, -0.2) is 0 Å². The summed E-state index contributed by atoms with van der Waals surface area (Å²) in [4.78, 5) is 37.6. The maximum atomic E-state index is 12.4. The fraction of sp³-hybridized carbons (Fsp3) is 0.391. The van der Waals surface area contributed by atoms with Crippen LogP contribution in [0.5, 0.6) is 5.75 Å². The molecule has 7 nitrogen and oxygen atoms in total. The predicted octanol–water partition coefficient (Wildman–Crippen LogP) is 3.39. The molecule has 0 spiro atoms. The number of benzene rings is 2. The highest BCUT2D eigenvalue weighted by atomic mass is 16.5. The zero-order valence-corrected chi connectivity index (χ0v) is 16.6. The summed E-state index contributed by atoms with van der Waals surface area (Å²) in [5.74, 6) is 0.425. The van der Waals surface area contributed by atoms with Crippen LogP contribution in [0.25, 0.3) is 21.7 Å². The van der Waals surface area contributed by atoms with Crippen molar-refractivity contribution in [2.24, 2.45) is 0 Å². The number of ether oxygens (including phenoxy) is 1. The molecular weight excluding hydrogens is 384 g/mol. The maximum absolute atomic E-state index is 12.4. The number of fused-ring (bicyclic) bond motifs is 3. The van der Waals surface area contributed by atoms with Crippen molar-refractivity contribution in [1.82, 2.24) is 10.1 Å². The molecule has 5 rings (SSSR count). The Kier molecular flexibility index (Phi) is 4.73. The number of hydrogen-bond acceptors (Lipinski definition) is 6. The van der Waals surface area contributed by atoms with Crippen molar-refractivity contribution in [3.8, 4) is 5.75 Å². The van der Waals surface area contributed by atoms with Gasteiger partial charge in [0.25, 0.3) is 0 Å². The molecule has 0 bridgehead atoms. The molecule has 1 saturated heterocycles. The number of likely N-dealkylation sites (tertiary alicyclic amines) is 1. The van der Waals surface area contributed by atoms with Crippen LogP contribution in [0.3, 0.4) is 0 Å². The van der Waals surface area contributed by atoms with Crippen molar-refractivity contribution in [3.63, 3.8) is 0 Å². The van der Waals surface area contributed by atoms with E-state index in [1.54, 1.807) is 0 Å². The third kappa shape index (κ3) is 3.34. The normalized spacial score (nSPS) is 19.9. The fourth-order valence-corrected chi connectivity index (χ4v) is 4.48. The lowest BCUT2D eigenvalue weighted by Gasteiger charge is -2.18. The third-order valence-corrected chi connectivity index (χ3v) is 6.05. The van der Waals surface area contributed by atoms with Gasteiger partial charge in [-0.05, 0) is 47.9 Å². The van der Waals surface area contributed by atoms with Crippen molar-refractivity contribution in [2.75, 3.05) is 19.7 Å². The van der Waals surface area contributed by atoms with Gasteiger partial charge in [0.2, 0.25) is 5.91 Å². The Morgan fingerprint density at radius 1 is 1.13 bits per heavy atom. The van der Waals surface area contributed by atoms with E-state index < -0.39 is 5.92 Å². The van der Waals surface area contributed by atoms with Gasteiger partial charge < -0.3 is 14.2 Å². The summed E-state index contributed by atoms with van der Waals surface area (Å²) in [5.41, 5.74) is 1.25. The van der Waals surface area contributed by atoms with E-state index in [-0.39, 0.29) is 23.9 Å². The molecule has 1 atom stereocenters. The zero-order chi connectivity index (χ0) is 20.7. The lowest BCUT2D eigenvalue weighted by atomic mass is 9.83. The molecule has 1 aliphatic heterocycles. The number of carbonyl (C=O) groups is 3. The highest BCUT2D eigenvalue weighted by molar-refractivity contribution is 6.11. The maximum Gasteiger partial charge on any atom is 0.222 e. The van der Waals surface area contributed by atoms with Gasteiger partial charge in [-0.2, -0.15) is 0 Å². The molecule has 1 aromatic heterocycles. The first kappa shape index (κ1) is 18.8. The second kappa shape index (κ2) is 7.55. The van der Waals surface area contributed by atoms with E-state index in [0.29, 0.717) is 43.7 Å². The Hall–Kier alpha value is -3.22. The van der Waals surface area contributed by atoms with Crippen LogP contribution in [0.1, 0.15) is 43.7 Å². The number of ketones is 2. The molecule has 1 saturated carbocycles. The number of rotatable bonds is 5. The fourth-order valence-electron chi connectivity index (χ4n) is 4.48. The number of aromatic nitrogens is 1. The SMILES string of the molecule is O=C1CC[C@H](c2noc3ccc4cc(OCCN5CCCC5=O)ccc4c23)C(=O)C1. The first-order chi connectivity index (χ1) is 14.6. The predicted molar refractivity (Wildman–Crippen MR) is 109 cm³/mol. The van der Waals surface area contributed by atoms with Crippen molar-refractivity contribution in [2.45, 2.75) is 38.0 Å². The van der Waals surface area contributed by atoms with E-state index in [1.807, 2.05) is 35.2 Å². The highest BCUT2D eigenvalue weighted by Crippen LogP contribution is 2.37. The average molecular weight is 406 g/mol. The smallest absolute Gasteiger partial charge is 0.222 e. The Balaban J connectivity index is 1.41. The van der Waals surface area contributed by atoms with E-state index in [9.17, 15) is 14.4 Å². The molecule has 2 aromatic carbocycles. The lowest BCUT2D eigenvalue weighted by Crippen LogP contribution is -2.29. The molecular formula is C23H22N2O5. The molecule has 1 aliphatic carbocycles. The number of hydrogen-bond donors (Lipinski definition) is 0. The van der Waals surface area contributed by atoms with Crippen LogP contribution in [-0.2, 0) is 14.4 Å². The summed E-state index contributed by atoms with van der Waals surface area (Å²) in [6.07, 6.45) is 2.40. The standard InChI is InChI=1S/C23H22N2O5/c26-15-4-6-18(19(27)13-15)23-22-17-7-5-16(12-14(17)3-8-20(22)30-24-23)29-11-10-25-9-1-2-21(25)28/h3,5,7-8,12,18H,1-2,4,6,9-11,13H2/t18-/m0/s1. The monoisotopic (exact) mass is 406 g/mol. The highest BCUT2D eigenvalue weighted by Gasteiger charge is 2.32. The van der Waals surface area contributed by atoms with Gasteiger partial charge in [0, 0.05) is 19.4 Å². The van der Waals surface area contributed by atoms with Gasteiger partial charge in [-0.1, -0.05) is 11.2 Å². The molecule has 3 aromatic rings. The molecule has 0 N–H and O–H groups in total. The summed E-state index contributed by atoms with van der Waals surface area (Å²) < 4.78 is 11.4. The topological polar surface area (TPSA) is 89.7 Å². The summed E-state index contributed by atoms with van der Waals surface area (Å²) in [5, 5.41) is 6.92. The zero-order valence-electron chi connectivity index (χ0n) is 16.6. The molecule has 2 aliphatic rings. The van der Waals surface area contributed by atoms with Gasteiger partial charge in [0.15, 0.2) is 5.58 Å².